The van der Waals surface area contributed by atoms with Crippen molar-refractivity contribution in [3.05, 3.63) is 64.2 Å². The predicted octanol–water partition coefficient (Wildman–Crippen LogP) is 4.88. The van der Waals surface area contributed by atoms with E-state index in [4.69, 9.17) is 11.6 Å². The van der Waals surface area contributed by atoms with Gasteiger partial charge in [-0.05, 0) is 68.3 Å². The molecule has 1 unspecified atom stereocenters. The highest BCUT2D eigenvalue weighted by Crippen LogP contribution is 2.22. The van der Waals surface area contributed by atoms with Gasteiger partial charge in [0, 0.05) is 21.7 Å². The lowest BCUT2D eigenvalue weighted by Crippen LogP contribution is -2.30. The van der Waals surface area contributed by atoms with E-state index in [-0.39, 0.29) is 0 Å². The standard InChI is InChI=1S/C18H22ClNS/c1-13-4-5-15(10-14(13)2)11-17(20-3)12-21-18-8-6-16(19)7-9-18/h4-10,17,20H,11-12H2,1-3H3. The molecule has 2 rings (SSSR count). The molecule has 0 aliphatic rings. The van der Waals surface area contributed by atoms with Crippen molar-refractivity contribution in [2.45, 2.75) is 31.2 Å². The van der Waals surface area contributed by atoms with E-state index < -0.39 is 0 Å². The first-order valence-corrected chi connectivity index (χ1v) is 8.56. The summed E-state index contributed by atoms with van der Waals surface area (Å²) in [6.07, 6.45) is 1.05. The number of aryl methyl sites for hydroxylation is 2. The molecule has 1 N–H and O–H groups in total. The van der Waals surface area contributed by atoms with Crippen LogP contribution in [-0.2, 0) is 6.42 Å². The average Bonchev–Trinajstić information content (AvgIpc) is 2.49. The van der Waals surface area contributed by atoms with Gasteiger partial charge < -0.3 is 5.32 Å². The monoisotopic (exact) mass is 319 g/mol. The zero-order valence-electron chi connectivity index (χ0n) is 12.8. The summed E-state index contributed by atoms with van der Waals surface area (Å²) < 4.78 is 0. The van der Waals surface area contributed by atoms with Gasteiger partial charge in [0.2, 0.25) is 0 Å². The Bertz CT molecular complexity index is 580. The van der Waals surface area contributed by atoms with Crippen LogP contribution in [0, 0.1) is 13.8 Å². The molecule has 0 heterocycles. The predicted molar refractivity (Wildman–Crippen MR) is 94.6 cm³/mol. The molecule has 112 valence electrons. The molecular formula is C18H22ClNS. The van der Waals surface area contributed by atoms with Gasteiger partial charge in [0.05, 0.1) is 0 Å². The topological polar surface area (TPSA) is 12.0 Å². The highest BCUT2D eigenvalue weighted by molar-refractivity contribution is 7.99. The van der Waals surface area contributed by atoms with Gasteiger partial charge in [-0.25, -0.2) is 0 Å². The molecule has 0 aliphatic heterocycles. The Hall–Kier alpha value is -0.960. The van der Waals surface area contributed by atoms with Crippen molar-refractivity contribution in [2.75, 3.05) is 12.8 Å². The summed E-state index contributed by atoms with van der Waals surface area (Å²) in [5.74, 6) is 1.05. The third-order valence-corrected chi connectivity index (χ3v) is 5.15. The number of hydrogen-bond acceptors (Lipinski definition) is 2. The van der Waals surface area contributed by atoms with Crippen molar-refractivity contribution < 1.29 is 0 Å². The third-order valence-electron chi connectivity index (χ3n) is 3.73. The smallest absolute Gasteiger partial charge is 0.0406 e. The van der Waals surface area contributed by atoms with E-state index in [1.54, 1.807) is 0 Å². The quantitative estimate of drug-likeness (QED) is 0.762. The highest BCUT2D eigenvalue weighted by atomic mass is 35.5. The lowest BCUT2D eigenvalue weighted by Gasteiger charge is -2.16. The molecule has 0 bridgehead atoms. The Morgan fingerprint density at radius 2 is 1.76 bits per heavy atom. The summed E-state index contributed by atoms with van der Waals surface area (Å²) in [5.41, 5.74) is 4.12. The fraction of sp³-hybridized carbons (Fsp3) is 0.333. The zero-order valence-corrected chi connectivity index (χ0v) is 14.4. The van der Waals surface area contributed by atoms with Gasteiger partial charge >= 0.3 is 0 Å². The highest BCUT2D eigenvalue weighted by Gasteiger charge is 2.09. The minimum Gasteiger partial charge on any atom is -0.316 e. The molecule has 2 aromatic rings. The van der Waals surface area contributed by atoms with Crippen molar-refractivity contribution in [1.82, 2.24) is 5.32 Å². The van der Waals surface area contributed by atoms with Crippen LogP contribution >= 0.6 is 23.4 Å². The van der Waals surface area contributed by atoms with Gasteiger partial charge in [0.15, 0.2) is 0 Å². The fourth-order valence-electron chi connectivity index (χ4n) is 2.19. The summed E-state index contributed by atoms with van der Waals surface area (Å²) in [6, 6.07) is 15.3. The van der Waals surface area contributed by atoms with E-state index >= 15 is 0 Å². The SMILES string of the molecule is CNC(CSc1ccc(Cl)cc1)Cc1ccc(C)c(C)c1. The van der Waals surface area contributed by atoms with E-state index in [1.165, 1.54) is 21.6 Å². The molecule has 0 aliphatic carbocycles. The van der Waals surface area contributed by atoms with Gasteiger partial charge in [-0.2, -0.15) is 0 Å². The number of nitrogens with one attached hydrogen (secondary N) is 1. The summed E-state index contributed by atoms with van der Waals surface area (Å²) in [6.45, 7) is 4.33. The van der Waals surface area contributed by atoms with Crippen LogP contribution in [0.3, 0.4) is 0 Å². The maximum Gasteiger partial charge on any atom is 0.0406 e. The van der Waals surface area contributed by atoms with Crippen LogP contribution in [0.2, 0.25) is 5.02 Å². The Morgan fingerprint density at radius 1 is 1.05 bits per heavy atom. The van der Waals surface area contributed by atoms with Crippen molar-refractivity contribution >= 4 is 23.4 Å². The van der Waals surface area contributed by atoms with E-state index in [0.29, 0.717) is 6.04 Å². The number of rotatable bonds is 6. The molecule has 3 heteroatoms. The second-order valence-electron chi connectivity index (χ2n) is 5.37. The van der Waals surface area contributed by atoms with Gasteiger partial charge in [0.1, 0.15) is 0 Å². The summed E-state index contributed by atoms with van der Waals surface area (Å²) >= 11 is 7.78. The molecular weight excluding hydrogens is 298 g/mol. The van der Waals surface area contributed by atoms with Gasteiger partial charge in [-0.3, -0.25) is 0 Å². The van der Waals surface area contributed by atoms with Crippen LogP contribution in [-0.4, -0.2) is 18.8 Å². The van der Waals surface area contributed by atoms with E-state index in [9.17, 15) is 0 Å². The summed E-state index contributed by atoms with van der Waals surface area (Å²) in [7, 11) is 2.04. The molecule has 0 saturated heterocycles. The molecule has 21 heavy (non-hydrogen) atoms. The first kappa shape index (κ1) is 16.4. The largest absolute Gasteiger partial charge is 0.316 e. The maximum atomic E-state index is 5.91. The lowest BCUT2D eigenvalue weighted by molar-refractivity contribution is 0.617. The molecule has 2 aromatic carbocycles. The maximum absolute atomic E-state index is 5.91. The second-order valence-corrected chi connectivity index (χ2v) is 6.90. The minimum absolute atomic E-state index is 0.466. The number of halogens is 1. The number of hydrogen-bond donors (Lipinski definition) is 1. The summed E-state index contributed by atoms with van der Waals surface area (Å²) in [5, 5.41) is 4.21. The van der Waals surface area contributed by atoms with Gasteiger partial charge in [0.25, 0.3) is 0 Å². The number of benzene rings is 2. The van der Waals surface area contributed by atoms with Crippen LogP contribution in [0.5, 0.6) is 0 Å². The van der Waals surface area contributed by atoms with Crippen LogP contribution in [0.1, 0.15) is 16.7 Å². The first-order chi connectivity index (χ1) is 10.1. The Morgan fingerprint density at radius 3 is 2.38 bits per heavy atom. The molecule has 0 amide bonds. The number of likely N-dealkylation sites (N-methyl/N-ethyl adjacent to an activating group) is 1. The molecule has 0 saturated carbocycles. The van der Waals surface area contributed by atoms with Crippen LogP contribution in [0.25, 0.3) is 0 Å². The van der Waals surface area contributed by atoms with Crippen molar-refractivity contribution in [2.24, 2.45) is 0 Å². The third kappa shape index (κ3) is 5.06. The molecule has 0 spiro atoms. The minimum atomic E-state index is 0.466. The molecule has 0 aromatic heterocycles. The Balaban J connectivity index is 1.93. The summed E-state index contributed by atoms with van der Waals surface area (Å²) in [4.78, 5) is 1.26. The van der Waals surface area contributed by atoms with Crippen molar-refractivity contribution in [3.63, 3.8) is 0 Å². The Kier molecular flexibility index (Phi) is 6.16. The zero-order chi connectivity index (χ0) is 15.2. The normalized spacial score (nSPS) is 12.4. The molecule has 0 radical (unpaired) electrons. The second kappa shape index (κ2) is 7.88. The first-order valence-electron chi connectivity index (χ1n) is 7.20. The van der Waals surface area contributed by atoms with Crippen LogP contribution in [0.15, 0.2) is 47.4 Å². The fourth-order valence-corrected chi connectivity index (χ4v) is 3.32. The van der Waals surface area contributed by atoms with E-state index in [2.05, 4.69) is 49.5 Å². The molecule has 1 atom stereocenters. The van der Waals surface area contributed by atoms with Crippen molar-refractivity contribution in [3.8, 4) is 0 Å². The van der Waals surface area contributed by atoms with E-state index in [1.807, 2.05) is 30.9 Å². The lowest BCUT2D eigenvalue weighted by atomic mass is 10.0. The Labute approximate surface area is 137 Å². The average molecular weight is 320 g/mol. The van der Waals surface area contributed by atoms with Crippen molar-refractivity contribution in [1.29, 1.82) is 0 Å². The van der Waals surface area contributed by atoms with E-state index in [0.717, 1.165) is 17.2 Å². The molecule has 1 nitrogen and oxygen atoms in total. The van der Waals surface area contributed by atoms with Crippen LogP contribution in [0.4, 0.5) is 0 Å². The van der Waals surface area contributed by atoms with Gasteiger partial charge in [-0.15, -0.1) is 11.8 Å². The van der Waals surface area contributed by atoms with Gasteiger partial charge in [-0.1, -0.05) is 29.8 Å². The van der Waals surface area contributed by atoms with Crippen LogP contribution < -0.4 is 5.32 Å². The molecule has 0 fully saturated rings. The number of thioether (sulfide) groups is 1.